The highest BCUT2D eigenvalue weighted by atomic mass is 16.5. The molecule has 2 aromatic rings. The molecule has 0 unspecified atom stereocenters. The van der Waals surface area contributed by atoms with E-state index in [0.29, 0.717) is 13.0 Å². The predicted octanol–water partition coefficient (Wildman–Crippen LogP) is 0.138. The lowest BCUT2D eigenvalue weighted by atomic mass is 10.2. The molecule has 2 amide bonds. The van der Waals surface area contributed by atoms with Gasteiger partial charge in [0, 0.05) is 25.5 Å². The van der Waals surface area contributed by atoms with Gasteiger partial charge in [0.05, 0.1) is 17.8 Å². The van der Waals surface area contributed by atoms with Gasteiger partial charge in [0.1, 0.15) is 12.6 Å². The molecule has 0 bridgehead atoms. The van der Waals surface area contributed by atoms with Crippen LogP contribution in [-0.2, 0) is 20.9 Å². The van der Waals surface area contributed by atoms with E-state index < -0.39 is 11.9 Å². The van der Waals surface area contributed by atoms with Crippen molar-refractivity contribution < 1.29 is 14.3 Å². The lowest BCUT2D eigenvalue weighted by Gasteiger charge is -2.22. The van der Waals surface area contributed by atoms with Crippen LogP contribution in [0.4, 0.5) is 0 Å². The standard InChI is InChI=1S/C15H18N4O3/c1-22-11-6-13(15(16)21)18(8-11)14(20)9-19-12-5-3-2-4-10(12)7-17-19/h2-5,7,11,13H,6,8-9H2,1H3,(H2,16,21)/t11-,13-/m0/s1. The third-order valence-electron chi connectivity index (χ3n) is 4.08. The Labute approximate surface area is 127 Å². The third kappa shape index (κ3) is 2.55. The second-order valence-electron chi connectivity index (χ2n) is 5.42. The summed E-state index contributed by atoms with van der Waals surface area (Å²) in [6.45, 7) is 0.454. The molecule has 22 heavy (non-hydrogen) atoms. The lowest BCUT2D eigenvalue weighted by Crippen LogP contribution is -2.45. The van der Waals surface area contributed by atoms with Crippen LogP contribution in [0.2, 0.25) is 0 Å². The van der Waals surface area contributed by atoms with E-state index in [9.17, 15) is 9.59 Å². The van der Waals surface area contributed by atoms with Gasteiger partial charge < -0.3 is 15.4 Å². The zero-order valence-electron chi connectivity index (χ0n) is 12.3. The molecule has 7 nitrogen and oxygen atoms in total. The molecule has 0 radical (unpaired) electrons. The van der Waals surface area contributed by atoms with Crippen molar-refractivity contribution in [2.45, 2.75) is 25.1 Å². The van der Waals surface area contributed by atoms with Crippen LogP contribution in [0.15, 0.2) is 30.5 Å². The van der Waals surface area contributed by atoms with Crippen molar-refractivity contribution in [1.82, 2.24) is 14.7 Å². The highest BCUT2D eigenvalue weighted by molar-refractivity contribution is 5.88. The van der Waals surface area contributed by atoms with Crippen LogP contribution in [-0.4, -0.2) is 52.3 Å². The predicted molar refractivity (Wildman–Crippen MR) is 79.8 cm³/mol. The highest BCUT2D eigenvalue weighted by Gasteiger charge is 2.38. The largest absolute Gasteiger partial charge is 0.380 e. The topological polar surface area (TPSA) is 90.5 Å². The quantitative estimate of drug-likeness (QED) is 0.869. The van der Waals surface area contributed by atoms with Gasteiger partial charge in [-0.2, -0.15) is 5.10 Å². The molecule has 2 N–H and O–H groups in total. The number of hydrogen-bond acceptors (Lipinski definition) is 4. The number of nitrogens with two attached hydrogens (primary N) is 1. The van der Waals surface area contributed by atoms with Gasteiger partial charge >= 0.3 is 0 Å². The minimum Gasteiger partial charge on any atom is -0.380 e. The van der Waals surface area contributed by atoms with Crippen molar-refractivity contribution >= 4 is 22.7 Å². The second-order valence-corrected chi connectivity index (χ2v) is 5.42. The number of carbonyl (C=O) groups excluding carboxylic acids is 2. The van der Waals surface area contributed by atoms with Crippen LogP contribution in [0.25, 0.3) is 10.9 Å². The van der Waals surface area contributed by atoms with E-state index >= 15 is 0 Å². The van der Waals surface area contributed by atoms with E-state index in [0.717, 1.165) is 10.9 Å². The average molecular weight is 302 g/mol. The third-order valence-corrected chi connectivity index (χ3v) is 4.08. The first-order valence-corrected chi connectivity index (χ1v) is 7.12. The Morgan fingerprint density at radius 3 is 2.91 bits per heavy atom. The highest BCUT2D eigenvalue weighted by Crippen LogP contribution is 2.21. The molecular formula is C15H18N4O3. The molecule has 1 aromatic heterocycles. The molecule has 1 saturated heterocycles. The Kier molecular flexibility index (Phi) is 3.81. The Balaban J connectivity index is 1.80. The summed E-state index contributed by atoms with van der Waals surface area (Å²) in [6, 6.07) is 7.05. The van der Waals surface area contributed by atoms with E-state index in [-0.39, 0.29) is 18.6 Å². The van der Waals surface area contributed by atoms with Crippen LogP contribution < -0.4 is 5.73 Å². The molecule has 1 aliphatic heterocycles. The van der Waals surface area contributed by atoms with Gasteiger partial charge in [0.15, 0.2) is 0 Å². The molecule has 1 fully saturated rings. The summed E-state index contributed by atoms with van der Waals surface area (Å²) in [4.78, 5) is 25.6. The number of amides is 2. The molecular weight excluding hydrogens is 284 g/mol. The van der Waals surface area contributed by atoms with Gasteiger partial charge in [0.2, 0.25) is 11.8 Å². The lowest BCUT2D eigenvalue weighted by molar-refractivity contribution is -0.138. The molecule has 116 valence electrons. The average Bonchev–Trinajstić information content (AvgIpc) is 3.12. The number of rotatable bonds is 4. The maximum atomic E-state index is 12.5. The summed E-state index contributed by atoms with van der Waals surface area (Å²) in [5.41, 5.74) is 6.28. The van der Waals surface area contributed by atoms with Crippen molar-refractivity contribution in [2.24, 2.45) is 5.73 Å². The van der Waals surface area contributed by atoms with E-state index in [2.05, 4.69) is 5.10 Å². The summed E-state index contributed by atoms with van der Waals surface area (Å²) < 4.78 is 6.89. The number of benzene rings is 1. The second kappa shape index (κ2) is 5.76. The summed E-state index contributed by atoms with van der Waals surface area (Å²) in [5.74, 6) is -0.685. The Bertz CT molecular complexity index is 712. The minimum atomic E-state index is -0.612. The van der Waals surface area contributed by atoms with Crippen LogP contribution in [0.1, 0.15) is 6.42 Å². The first-order valence-electron chi connectivity index (χ1n) is 7.12. The van der Waals surface area contributed by atoms with Crippen LogP contribution in [0, 0.1) is 0 Å². The van der Waals surface area contributed by atoms with Gasteiger partial charge in [0.25, 0.3) is 0 Å². The SMILES string of the molecule is CO[C@H]1C[C@@H](C(N)=O)N(C(=O)Cn2ncc3ccccc32)C1. The zero-order chi connectivity index (χ0) is 15.7. The summed E-state index contributed by atoms with van der Waals surface area (Å²) in [6.07, 6.45) is 2.00. The van der Waals surface area contributed by atoms with Crippen LogP contribution in [0.3, 0.4) is 0 Å². The molecule has 3 rings (SSSR count). The van der Waals surface area contributed by atoms with E-state index in [1.807, 2.05) is 24.3 Å². The van der Waals surface area contributed by atoms with Crippen LogP contribution in [0.5, 0.6) is 0 Å². The van der Waals surface area contributed by atoms with Crippen molar-refractivity contribution in [1.29, 1.82) is 0 Å². The monoisotopic (exact) mass is 302 g/mol. The summed E-state index contributed by atoms with van der Waals surface area (Å²) in [5, 5.41) is 5.21. The van der Waals surface area contributed by atoms with E-state index in [1.165, 1.54) is 4.90 Å². The molecule has 0 saturated carbocycles. The fraction of sp³-hybridized carbons (Fsp3) is 0.400. The van der Waals surface area contributed by atoms with Gasteiger partial charge in [-0.3, -0.25) is 14.3 Å². The number of primary amides is 1. The van der Waals surface area contributed by atoms with Gasteiger partial charge in [-0.05, 0) is 6.07 Å². The number of methoxy groups -OCH3 is 1. The minimum absolute atomic E-state index is 0.0771. The number of fused-ring (bicyclic) bond motifs is 1. The van der Waals surface area contributed by atoms with Crippen molar-refractivity contribution in [3.05, 3.63) is 30.5 Å². The Morgan fingerprint density at radius 2 is 2.18 bits per heavy atom. The number of ether oxygens (including phenoxy) is 1. The number of para-hydroxylation sites is 1. The fourth-order valence-electron chi connectivity index (χ4n) is 2.88. The maximum Gasteiger partial charge on any atom is 0.245 e. The normalized spacial score (nSPS) is 21.4. The summed E-state index contributed by atoms with van der Waals surface area (Å²) >= 11 is 0. The first kappa shape index (κ1) is 14.5. The smallest absolute Gasteiger partial charge is 0.245 e. The number of aromatic nitrogens is 2. The molecule has 2 atom stereocenters. The maximum absolute atomic E-state index is 12.5. The molecule has 0 aliphatic carbocycles. The first-order chi connectivity index (χ1) is 10.6. The Morgan fingerprint density at radius 1 is 1.41 bits per heavy atom. The number of nitrogens with zero attached hydrogens (tertiary/aromatic N) is 3. The number of hydrogen-bond donors (Lipinski definition) is 1. The number of likely N-dealkylation sites (tertiary alicyclic amines) is 1. The Hall–Kier alpha value is -2.41. The van der Waals surface area contributed by atoms with Crippen molar-refractivity contribution in [3.8, 4) is 0 Å². The molecule has 1 aliphatic rings. The van der Waals surface area contributed by atoms with Gasteiger partial charge in [-0.1, -0.05) is 18.2 Å². The summed E-state index contributed by atoms with van der Waals surface area (Å²) in [7, 11) is 1.57. The van der Waals surface area contributed by atoms with Crippen molar-refractivity contribution in [3.63, 3.8) is 0 Å². The van der Waals surface area contributed by atoms with Gasteiger partial charge in [-0.15, -0.1) is 0 Å². The van der Waals surface area contributed by atoms with E-state index in [4.69, 9.17) is 10.5 Å². The zero-order valence-corrected chi connectivity index (χ0v) is 12.3. The van der Waals surface area contributed by atoms with Crippen molar-refractivity contribution in [2.75, 3.05) is 13.7 Å². The van der Waals surface area contributed by atoms with Crippen LogP contribution >= 0.6 is 0 Å². The van der Waals surface area contributed by atoms with E-state index in [1.54, 1.807) is 18.0 Å². The molecule has 1 aromatic carbocycles. The number of carbonyl (C=O) groups is 2. The van der Waals surface area contributed by atoms with Gasteiger partial charge in [-0.25, -0.2) is 0 Å². The molecule has 7 heteroatoms. The molecule has 0 spiro atoms. The molecule has 2 heterocycles. The fourth-order valence-corrected chi connectivity index (χ4v) is 2.88.